The molecule has 0 aromatic heterocycles. The summed E-state index contributed by atoms with van der Waals surface area (Å²) in [5, 5.41) is 3.27. The molecule has 0 spiro atoms. The second kappa shape index (κ2) is 6.73. The van der Waals surface area contributed by atoms with Crippen LogP contribution in [0.3, 0.4) is 0 Å². The molecule has 1 aliphatic rings. The van der Waals surface area contributed by atoms with Gasteiger partial charge in [-0.1, -0.05) is 0 Å². The number of nitrogens with zero attached hydrogens (tertiary/aromatic N) is 1. The van der Waals surface area contributed by atoms with Gasteiger partial charge in [-0.25, -0.2) is 0 Å². The van der Waals surface area contributed by atoms with Crippen LogP contribution >= 0.6 is 0 Å². The Bertz CT molecular complexity index is 290. The molecule has 0 fully saturated rings. The lowest BCUT2D eigenvalue weighted by Crippen LogP contribution is -2.36. The fraction of sp³-hybridized carbons (Fsp3) is 0.462. The van der Waals surface area contributed by atoms with Crippen LogP contribution < -0.4 is 5.32 Å². The van der Waals surface area contributed by atoms with Gasteiger partial charge in [-0.05, 0) is 6.17 Å². The smallest absolute Gasteiger partial charge is 0.177 e. The van der Waals surface area contributed by atoms with E-state index in [9.17, 15) is 0 Å². The van der Waals surface area contributed by atoms with E-state index in [-0.39, 0.29) is 0 Å². The number of allylic oxidation sites excluding steroid dienone is 5. The van der Waals surface area contributed by atoms with Crippen LogP contribution in [0.1, 0.15) is 6.42 Å². The van der Waals surface area contributed by atoms with Gasteiger partial charge in [0.1, 0.15) is 5.57 Å². The van der Waals surface area contributed by atoms with E-state index in [4.69, 9.17) is 0 Å². The molecule has 0 saturated carbocycles. The van der Waals surface area contributed by atoms with Crippen molar-refractivity contribution in [2.45, 2.75) is 6.42 Å². The summed E-state index contributed by atoms with van der Waals surface area (Å²) in [4.78, 5) is 0. The van der Waals surface area contributed by atoms with E-state index < -0.39 is 0 Å². The first-order valence-electron chi connectivity index (χ1n) is 5.73. The van der Waals surface area contributed by atoms with Crippen molar-refractivity contribution in [3.8, 4) is 0 Å². The molecule has 0 bridgehead atoms. The molecule has 0 aromatic carbocycles. The minimum Gasteiger partial charge on any atom is -0.320 e. The molecule has 1 aliphatic carbocycles. The highest BCUT2D eigenvalue weighted by Gasteiger charge is 2.17. The van der Waals surface area contributed by atoms with Crippen LogP contribution in [0.5, 0.6) is 0 Å². The fourth-order valence-electron chi connectivity index (χ4n) is 1.71. The van der Waals surface area contributed by atoms with E-state index in [0.29, 0.717) is 0 Å². The van der Waals surface area contributed by atoms with Crippen molar-refractivity contribution in [3.63, 3.8) is 0 Å². The molecule has 0 atom stereocenters. The Morgan fingerprint density at radius 2 is 2.25 bits per heavy atom. The van der Waals surface area contributed by atoms with E-state index in [0.717, 1.165) is 23.7 Å². The van der Waals surface area contributed by atoms with Crippen molar-refractivity contribution in [2.24, 2.45) is 0 Å². The highest BCUT2D eigenvalue weighted by Crippen LogP contribution is 2.13. The Morgan fingerprint density at radius 1 is 1.44 bits per heavy atom. The van der Waals surface area contributed by atoms with Gasteiger partial charge in [0.2, 0.25) is 0 Å². The van der Waals surface area contributed by atoms with Gasteiger partial charge in [-0.2, -0.15) is 0 Å². The topological polar surface area (TPSA) is 12.0 Å². The van der Waals surface area contributed by atoms with E-state index in [1.165, 1.54) is 12.0 Å². The third-order valence-corrected chi connectivity index (χ3v) is 2.76. The first-order valence-corrected chi connectivity index (χ1v) is 6.44. The zero-order valence-corrected chi connectivity index (χ0v) is 11.2. The normalized spacial score (nSPS) is 17.8. The van der Waals surface area contributed by atoms with Crippen molar-refractivity contribution >= 4 is 10.2 Å². The highest BCUT2D eigenvalue weighted by molar-refractivity contribution is 6.08. The second-order valence-electron chi connectivity index (χ2n) is 4.57. The van der Waals surface area contributed by atoms with Gasteiger partial charge in [0, 0.05) is 53.9 Å². The lowest BCUT2D eigenvalue weighted by molar-refractivity contribution is -0.839. The SMILES string of the molecule is C[N+](C)(C=C1C=CC=C[CH+]1)CCCNC[Si]. The van der Waals surface area contributed by atoms with Crippen LogP contribution in [0.2, 0.25) is 0 Å². The summed E-state index contributed by atoms with van der Waals surface area (Å²) in [6, 6.07) is 0. The summed E-state index contributed by atoms with van der Waals surface area (Å²) in [5.41, 5.74) is 1.29. The molecule has 0 aromatic rings. The van der Waals surface area contributed by atoms with E-state index >= 15 is 0 Å². The predicted molar refractivity (Wildman–Crippen MR) is 70.9 cm³/mol. The van der Waals surface area contributed by atoms with Crippen LogP contribution in [-0.4, -0.2) is 48.1 Å². The van der Waals surface area contributed by atoms with Crippen LogP contribution in [0, 0.1) is 6.42 Å². The quantitative estimate of drug-likeness (QED) is 0.316. The molecule has 0 aliphatic heterocycles. The standard InChI is InChI=1S/C13H21N2Si/c1-15(2,10-6-9-14-12-16)11-13-7-4-3-5-8-13/h3-5,7-8,11,14H,6,9-10,12H2,1-2H3/q+2. The van der Waals surface area contributed by atoms with Crippen molar-refractivity contribution < 1.29 is 4.48 Å². The minimum absolute atomic E-state index is 0.871. The van der Waals surface area contributed by atoms with Crippen LogP contribution in [0.4, 0.5) is 0 Å². The summed E-state index contributed by atoms with van der Waals surface area (Å²) < 4.78 is 0.924. The lowest BCUT2D eigenvalue weighted by Gasteiger charge is -2.22. The maximum Gasteiger partial charge on any atom is 0.177 e. The van der Waals surface area contributed by atoms with Crippen molar-refractivity contribution in [2.75, 3.05) is 33.4 Å². The molecule has 0 heterocycles. The summed E-state index contributed by atoms with van der Waals surface area (Å²) >= 11 is 0. The monoisotopic (exact) mass is 233 g/mol. The summed E-state index contributed by atoms with van der Waals surface area (Å²) in [5.74, 6) is 0. The van der Waals surface area contributed by atoms with Gasteiger partial charge in [0.25, 0.3) is 0 Å². The Hall–Kier alpha value is -0.773. The summed E-state index contributed by atoms with van der Waals surface area (Å²) in [7, 11) is 7.88. The molecular weight excluding hydrogens is 212 g/mol. The van der Waals surface area contributed by atoms with Gasteiger partial charge in [-0.15, -0.1) is 0 Å². The van der Waals surface area contributed by atoms with E-state index in [1.807, 2.05) is 0 Å². The van der Waals surface area contributed by atoms with Crippen molar-refractivity contribution in [1.82, 2.24) is 5.32 Å². The maximum absolute atomic E-state index is 3.40. The molecule has 85 valence electrons. The van der Waals surface area contributed by atoms with Crippen LogP contribution in [0.15, 0.2) is 36.1 Å². The molecule has 0 unspecified atom stereocenters. The van der Waals surface area contributed by atoms with Crippen molar-refractivity contribution in [3.05, 3.63) is 42.5 Å². The van der Waals surface area contributed by atoms with Crippen molar-refractivity contribution in [1.29, 1.82) is 0 Å². The maximum atomic E-state index is 3.40. The molecule has 0 amide bonds. The Balaban J connectivity index is 2.38. The fourth-order valence-corrected chi connectivity index (χ4v) is 1.88. The van der Waals surface area contributed by atoms with Gasteiger partial charge in [-0.3, -0.25) is 4.48 Å². The molecule has 2 nitrogen and oxygen atoms in total. The van der Waals surface area contributed by atoms with Gasteiger partial charge in [0.15, 0.2) is 6.20 Å². The molecule has 3 heteroatoms. The molecule has 16 heavy (non-hydrogen) atoms. The lowest BCUT2D eigenvalue weighted by atomic mass is 10.1. The average molecular weight is 233 g/mol. The number of nitrogens with one attached hydrogen (secondary N) is 1. The summed E-state index contributed by atoms with van der Waals surface area (Å²) in [6.07, 6.45) is 14.9. The van der Waals surface area contributed by atoms with E-state index in [1.54, 1.807) is 0 Å². The first-order chi connectivity index (χ1) is 7.64. The van der Waals surface area contributed by atoms with Gasteiger partial charge in [0.05, 0.1) is 20.6 Å². The average Bonchev–Trinajstić information content (AvgIpc) is 2.25. The van der Waals surface area contributed by atoms with Gasteiger partial charge >= 0.3 is 0 Å². The Kier molecular flexibility index (Phi) is 5.59. The van der Waals surface area contributed by atoms with Gasteiger partial charge < -0.3 is 5.32 Å². The number of rotatable bonds is 6. The third kappa shape index (κ3) is 5.35. The zero-order chi connectivity index (χ0) is 11.9. The number of hydrogen-bond acceptors (Lipinski definition) is 1. The molecule has 1 N–H and O–H groups in total. The van der Waals surface area contributed by atoms with E-state index in [2.05, 4.69) is 66.6 Å². The zero-order valence-electron chi connectivity index (χ0n) is 10.2. The second-order valence-corrected chi connectivity index (χ2v) is 4.93. The Morgan fingerprint density at radius 3 is 2.88 bits per heavy atom. The minimum atomic E-state index is 0.871. The number of quaternary nitrogens is 1. The largest absolute Gasteiger partial charge is 0.320 e. The summed E-state index contributed by atoms with van der Waals surface area (Å²) in [6.45, 7) is 2.21. The predicted octanol–water partition coefficient (Wildman–Crippen LogP) is 1.38. The Labute approximate surface area is 103 Å². The molecule has 3 radical (unpaired) electrons. The first kappa shape index (κ1) is 13.3. The van der Waals surface area contributed by atoms with Crippen LogP contribution in [0.25, 0.3) is 0 Å². The highest BCUT2D eigenvalue weighted by atomic mass is 28.1. The molecule has 0 saturated heterocycles. The third-order valence-electron chi connectivity index (χ3n) is 2.51. The molecule has 1 rings (SSSR count). The number of hydrogen-bond donors (Lipinski definition) is 1. The van der Waals surface area contributed by atoms with Crippen LogP contribution in [-0.2, 0) is 0 Å². The molecular formula is C13H21N2Si+2.